The molecule has 3 amide bonds. The third-order valence-electron chi connectivity index (χ3n) is 11.2. The highest BCUT2D eigenvalue weighted by Gasteiger charge is 2.34. The van der Waals surface area contributed by atoms with E-state index in [1.54, 1.807) is 48.4 Å². The molecule has 0 spiro atoms. The smallest absolute Gasteiger partial charge is 0.260 e. The zero-order valence-electron chi connectivity index (χ0n) is 32.7. The molecule has 0 aliphatic carbocycles. The largest absolute Gasteiger partial charge is 0.508 e. The summed E-state index contributed by atoms with van der Waals surface area (Å²) in [5.74, 6) is 0.218. The Hall–Kier alpha value is -5.91. The van der Waals surface area contributed by atoms with Crippen molar-refractivity contribution in [2.75, 3.05) is 50.2 Å². The Morgan fingerprint density at radius 1 is 0.911 bits per heavy atom. The molecule has 4 aromatic carbocycles. The summed E-state index contributed by atoms with van der Waals surface area (Å²) in [6.07, 6.45) is 0.736. The maximum absolute atomic E-state index is 15.0. The number of anilines is 2. The molecule has 1 saturated heterocycles. The minimum atomic E-state index is -0.249. The van der Waals surface area contributed by atoms with Gasteiger partial charge in [0.15, 0.2) is 0 Å². The quantitative estimate of drug-likeness (QED) is 0.163. The van der Waals surface area contributed by atoms with Gasteiger partial charge in [-0.3, -0.25) is 19.3 Å². The van der Waals surface area contributed by atoms with Gasteiger partial charge >= 0.3 is 0 Å². The molecule has 0 unspecified atom stereocenters. The number of nitrogens with one attached hydrogen (secondary N) is 1. The molecule has 0 bridgehead atoms. The van der Waals surface area contributed by atoms with Gasteiger partial charge in [-0.2, -0.15) is 0 Å². The fourth-order valence-electron chi connectivity index (χ4n) is 7.90. The highest BCUT2D eigenvalue weighted by atomic mass is 16.5. The standard InChI is InChI=1S/C45H49N5O6/c1-29-33(11-8-12-43(29)55-5)26-49(36-14-16-38(52)17-15-36)45(54)40-25-42(47(4)30(40)2)41-24-35(46-31(3)51)13-18-39(41)44(53)50-27-34-10-7-6-9-32(34)23-37(50)28-48-19-21-56-22-20-48/h6-18,24-25,37,52H,19-23,26-28H2,1-5H3,(H,46,51)/t37-/m0/s1. The van der Waals surface area contributed by atoms with Crippen molar-refractivity contribution in [3.63, 3.8) is 0 Å². The maximum Gasteiger partial charge on any atom is 0.260 e. The summed E-state index contributed by atoms with van der Waals surface area (Å²) in [7, 11) is 3.51. The van der Waals surface area contributed by atoms with Gasteiger partial charge in [0.25, 0.3) is 11.8 Å². The second kappa shape index (κ2) is 16.4. The number of carbonyl (C=O) groups is 3. The Bertz CT molecular complexity index is 2260. The first-order chi connectivity index (χ1) is 27.0. The third kappa shape index (κ3) is 7.91. The fraction of sp³-hybridized carbons (Fsp3) is 0.311. The Morgan fingerprint density at radius 3 is 2.36 bits per heavy atom. The van der Waals surface area contributed by atoms with Crippen LogP contribution in [0.15, 0.2) is 91.0 Å². The van der Waals surface area contributed by atoms with Crippen LogP contribution in [-0.2, 0) is 36.1 Å². The van der Waals surface area contributed by atoms with E-state index in [1.165, 1.54) is 12.5 Å². The number of phenols is 1. The topological polar surface area (TPSA) is 117 Å². The lowest BCUT2D eigenvalue weighted by Crippen LogP contribution is -2.52. The minimum Gasteiger partial charge on any atom is -0.508 e. The van der Waals surface area contributed by atoms with E-state index in [-0.39, 0.29) is 36.1 Å². The Balaban J connectivity index is 1.30. The number of fused-ring (bicyclic) bond motifs is 1. The SMILES string of the molecule is COc1cccc(CN(C(=O)c2cc(-c3cc(NC(C)=O)ccc3C(=O)N3Cc4ccccc4C[C@H]3CN3CCOCC3)n(C)c2C)c2ccc(O)cc2)c1C. The van der Waals surface area contributed by atoms with Crippen LogP contribution in [-0.4, -0.2) is 83.2 Å². The van der Waals surface area contributed by atoms with Crippen molar-refractivity contribution in [3.8, 4) is 22.8 Å². The average Bonchev–Trinajstić information content (AvgIpc) is 3.50. The summed E-state index contributed by atoms with van der Waals surface area (Å²) in [4.78, 5) is 48.1. The third-order valence-corrected chi connectivity index (χ3v) is 11.2. The number of ether oxygens (including phenoxy) is 2. The summed E-state index contributed by atoms with van der Waals surface area (Å²) >= 11 is 0. The van der Waals surface area contributed by atoms with Gasteiger partial charge < -0.3 is 34.3 Å². The van der Waals surface area contributed by atoms with Crippen molar-refractivity contribution < 1.29 is 29.0 Å². The molecule has 1 atom stereocenters. The maximum atomic E-state index is 15.0. The number of rotatable bonds is 10. The zero-order valence-corrected chi connectivity index (χ0v) is 32.7. The first-order valence-corrected chi connectivity index (χ1v) is 19.0. The molecule has 7 rings (SSSR count). The van der Waals surface area contributed by atoms with Crippen molar-refractivity contribution in [2.24, 2.45) is 7.05 Å². The number of nitrogens with zero attached hydrogens (tertiary/aromatic N) is 4. The van der Waals surface area contributed by atoms with E-state index >= 15 is 4.79 Å². The van der Waals surface area contributed by atoms with Crippen LogP contribution in [0.1, 0.15) is 55.6 Å². The molecule has 2 N–H and O–H groups in total. The van der Waals surface area contributed by atoms with Crippen LogP contribution in [0.25, 0.3) is 11.3 Å². The number of carbonyl (C=O) groups excluding carboxylic acids is 3. The van der Waals surface area contributed by atoms with Crippen LogP contribution < -0.4 is 15.0 Å². The highest BCUT2D eigenvalue weighted by Crippen LogP contribution is 2.35. The number of benzene rings is 4. The summed E-state index contributed by atoms with van der Waals surface area (Å²) in [6, 6.07) is 27.8. The van der Waals surface area contributed by atoms with E-state index in [2.05, 4.69) is 28.4 Å². The normalized spacial score (nSPS) is 15.6. The molecule has 11 nitrogen and oxygen atoms in total. The predicted octanol–water partition coefficient (Wildman–Crippen LogP) is 6.73. The van der Waals surface area contributed by atoms with Crippen molar-refractivity contribution in [1.29, 1.82) is 0 Å². The van der Waals surface area contributed by atoms with E-state index in [1.807, 2.05) is 66.8 Å². The first-order valence-electron chi connectivity index (χ1n) is 19.0. The van der Waals surface area contributed by atoms with Gasteiger partial charge in [0.05, 0.1) is 32.4 Å². The van der Waals surface area contributed by atoms with Crippen LogP contribution >= 0.6 is 0 Å². The molecular formula is C45H49N5O6. The zero-order chi connectivity index (χ0) is 39.5. The van der Waals surface area contributed by atoms with Gasteiger partial charge in [-0.1, -0.05) is 36.4 Å². The van der Waals surface area contributed by atoms with Crippen LogP contribution in [0, 0.1) is 13.8 Å². The molecule has 11 heteroatoms. The molecule has 0 radical (unpaired) electrons. The number of morpholine rings is 1. The Kier molecular flexibility index (Phi) is 11.3. The first kappa shape index (κ1) is 38.4. The molecule has 1 aromatic heterocycles. The van der Waals surface area contributed by atoms with Crippen molar-refractivity contribution in [3.05, 3.63) is 130 Å². The van der Waals surface area contributed by atoms with Crippen molar-refractivity contribution >= 4 is 29.1 Å². The second-order valence-electron chi connectivity index (χ2n) is 14.7. The number of methoxy groups -OCH3 is 1. The minimum absolute atomic E-state index is 0.0652. The van der Waals surface area contributed by atoms with E-state index in [0.717, 1.165) is 48.5 Å². The van der Waals surface area contributed by atoms with Gasteiger partial charge in [-0.15, -0.1) is 0 Å². The van der Waals surface area contributed by atoms with Gasteiger partial charge in [0, 0.05) is 80.1 Å². The van der Waals surface area contributed by atoms with E-state index in [0.29, 0.717) is 59.2 Å². The summed E-state index contributed by atoms with van der Waals surface area (Å²) in [5.41, 5.74) is 8.26. The highest BCUT2D eigenvalue weighted by molar-refractivity contribution is 6.09. The summed E-state index contributed by atoms with van der Waals surface area (Å²) in [6.45, 7) is 9.72. The van der Waals surface area contributed by atoms with Crippen molar-refractivity contribution in [1.82, 2.24) is 14.4 Å². The van der Waals surface area contributed by atoms with Gasteiger partial charge in [-0.25, -0.2) is 0 Å². The van der Waals surface area contributed by atoms with Gasteiger partial charge in [0.2, 0.25) is 5.91 Å². The molecule has 56 heavy (non-hydrogen) atoms. The Morgan fingerprint density at radius 2 is 1.64 bits per heavy atom. The van der Waals surface area contributed by atoms with Gasteiger partial charge in [0.1, 0.15) is 11.5 Å². The van der Waals surface area contributed by atoms with E-state index in [4.69, 9.17) is 9.47 Å². The number of phenolic OH excluding ortho intramolecular Hbond substituents is 1. The number of aromatic nitrogens is 1. The van der Waals surface area contributed by atoms with Crippen LogP contribution in [0.5, 0.6) is 11.5 Å². The Labute approximate surface area is 328 Å². The number of hydrogen-bond acceptors (Lipinski definition) is 7. The molecule has 2 aliphatic heterocycles. The van der Waals surface area contributed by atoms with Crippen LogP contribution in [0.2, 0.25) is 0 Å². The lowest BCUT2D eigenvalue weighted by atomic mass is 9.92. The van der Waals surface area contributed by atoms with Crippen LogP contribution in [0.3, 0.4) is 0 Å². The lowest BCUT2D eigenvalue weighted by Gasteiger charge is -2.40. The average molecular weight is 756 g/mol. The van der Waals surface area contributed by atoms with E-state index in [9.17, 15) is 14.7 Å². The van der Waals surface area contributed by atoms with Crippen molar-refractivity contribution in [2.45, 2.75) is 46.3 Å². The van der Waals surface area contributed by atoms with Crippen LogP contribution in [0.4, 0.5) is 11.4 Å². The molecule has 0 saturated carbocycles. The molecular weight excluding hydrogens is 707 g/mol. The molecule has 5 aromatic rings. The summed E-state index contributed by atoms with van der Waals surface area (Å²) < 4.78 is 13.1. The molecule has 290 valence electrons. The molecule has 1 fully saturated rings. The number of aromatic hydroxyl groups is 1. The second-order valence-corrected chi connectivity index (χ2v) is 14.7. The summed E-state index contributed by atoms with van der Waals surface area (Å²) in [5, 5.41) is 13.0. The number of amides is 3. The predicted molar refractivity (Wildman–Crippen MR) is 217 cm³/mol. The fourth-order valence-corrected chi connectivity index (χ4v) is 7.90. The number of hydrogen-bond donors (Lipinski definition) is 2. The van der Waals surface area contributed by atoms with E-state index < -0.39 is 0 Å². The lowest BCUT2D eigenvalue weighted by molar-refractivity contribution is -0.114. The molecule has 2 aliphatic rings. The molecule has 3 heterocycles. The van der Waals surface area contributed by atoms with Gasteiger partial charge in [-0.05, 0) is 97.1 Å². The monoisotopic (exact) mass is 755 g/mol.